The molecule has 6 heteroatoms. The standard InChI is InChI=1S/C19H21BrN2O3/c1-3-25-18(23)13-22(21-17-11-7-10-16(20)12-17)14(2)19(24)15-8-5-4-6-9-15/h4-12,14,21H,3,13H2,1-2H3. The number of halogens is 1. The predicted molar refractivity (Wildman–Crippen MR) is 101 cm³/mol. The minimum atomic E-state index is -0.550. The first-order chi connectivity index (χ1) is 12.0. The van der Waals surface area contributed by atoms with Gasteiger partial charge in [-0.2, -0.15) is 0 Å². The van der Waals surface area contributed by atoms with E-state index in [4.69, 9.17) is 4.74 Å². The van der Waals surface area contributed by atoms with Crippen LogP contribution in [0.2, 0.25) is 0 Å². The molecule has 2 rings (SSSR count). The van der Waals surface area contributed by atoms with Crippen molar-refractivity contribution in [3.63, 3.8) is 0 Å². The van der Waals surface area contributed by atoms with Gasteiger partial charge < -0.3 is 10.2 Å². The Morgan fingerprint density at radius 1 is 1.16 bits per heavy atom. The molecule has 25 heavy (non-hydrogen) atoms. The fourth-order valence-corrected chi connectivity index (χ4v) is 2.73. The Morgan fingerprint density at radius 2 is 1.88 bits per heavy atom. The summed E-state index contributed by atoms with van der Waals surface area (Å²) in [6, 6.07) is 16.0. The molecule has 5 nitrogen and oxygen atoms in total. The van der Waals surface area contributed by atoms with E-state index in [2.05, 4.69) is 21.4 Å². The lowest BCUT2D eigenvalue weighted by Crippen LogP contribution is -2.46. The second-order valence-corrected chi connectivity index (χ2v) is 6.38. The van der Waals surface area contributed by atoms with Crippen LogP contribution < -0.4 is 5.43 Å². The maximum atomic E-state index is 12.7. The van der Waals surface area contributed by atoms with Gasteiger partial charge in [0.25, 0.3) is 0 Å². The molecule has 1 atom stereocenters. The van der Waals surface area contributed by atoms with Crippen molar-refractivity contribution in [2.45, 2.75) is 19.9 Å². The average molecular weight is 405 g/mol. The van der Waals surface area contributed by atoms with Gasteiger partial charge in [-0.3, -0.25) is 9.59 Å². The van der Waals surface area contributed by atoms with Gasteiger partial charge >= 0.3 is 5.97 Å². The zero-order chi connectivity index (χ0) is 18.2. The second kappa shape index (κ2) is 9.34. The number of hydrogen-bond donors (Lipinski definition) is 1. The molecule has 0 bridgehead atoms. The smallest absolute Gasteiger partial charge is 0.322 e. The zero-order valence-electron chi connectivity index (χ0n) is 14.2. The highest BCUT2D eigenvalue weighted by Gasteiger charge is 2.25. The zero-order valence-corrected chi connectivity index (χ0v) is 15.8. The van der Waals surface area contributed by atoms with E-state index in [-0.39, 0.29) is 12.3 Å². The van der Waals surface area contributed by atoms with Gasteiger partial charge in [0.1, 0.15) is 6.54 Å². The molecule has 0 fully saturated rings. The van der Waals surface area contributed by atoms with Crippen LogP contribution >= 0.6 is 15.9 Å². The lowest BCUT2D eigenvalue weighted by atomic mass is 10.1. The summed E-state index contributed by atoms with van der Waals surface area (Å²) in [5.41, 5.74) is 4.51. The quantitative estimate of drug-likeness (QED) is 0.410. The van der Waals surface area contributed by atoms with Crippen molar-refractivity contribution in [2.75, 3.05) is 18.6 Å². The molecular weight excluding hydrogens is 384 g/mol. The molecule has 132 valence electrons. The van der Waals surface area contributed by atoms with E-state index < -0.39 is 12.0 Å². The molecule has 1 N–H and O–H groups in total. The first-order valence-electron chi connectivity index (χ1n) is 8.05. The maximum absolute atomic E-state index is 12.7. The van der Waals surface area contributed by atoms with Crippen LogP contribution in [0.4, 0.5) is 5.69 Å². The monoisotopic (exact) mass is 404 g/mol. The number of nitrogens with zero attached hydrogens (tertiary/aromatic N) is 1. The number of ether oxygens (including phenoxy) is 1. The Labute approximate surface area is 156 Å². The fraction of sp³-hybridized carbons (Fsp3) is 0.263. The van der Waals surface area contributed by atoms with Crippen LogP contribution in [-0.4, -0.2) is 36.0 Å². The van der Waals surface area contributed by atoms with E-state index >= 15 is 0 Å². The van der Waals surface area contributed by atoms with Crippen LogP contribution in [0, 0.1) is 0 Å². The van der Waals surface area contributed by atoms with Gasteiger partial charge in [-0.15, -0.1) is 0 Å². The molecule has 2 aromatic carbocycles. The summed E-state index contributed by atoms with van der Waals surface area (Å²) in [6.07, 6.45) is 0. The summed E-state index contributed by atoms with van der Waals surface area (Å²) in [5, 5.41) is 1.59. The van der Waals surface area contributed by atoms with Gasteiger partial charge in [-0.25, -0.2) is 5.01 Å². The third-order valence-electron chi connectivity index (χ3n) is 3.61. The summed E-state index contributed by atoms with van der Waals surface area (Å²) in [5.74, 6) is -0.467. The predicted octanol–water partition coefficient (Wildman–Crippen LogP) is 3.91. The highest BCUT2D eigenvalue weighted by molar-refractivity contribution is 9.10. The van der Waals surface area contributed by atoms with Crippen molar-refractivity contribution < 1.29 is 14.3 Å². The van der Waals surface area contributed by atoms with Crippen LogP contribution in [0.25, 0.3) is 0 Å². The average Bonchev–Trinajstić information content (AvgIpc) is 2.61. The normalized spacial score (nSPS) is 11.8. The molecule has 0 saturated carbocycles. The number of hydrazine groups is 1. The first-order valence-corrected chi connectivity index (χ1v) is 8.84. The summed E-state index contributed by atoms with van der Waals surface area (Å²) in [7, 11) is 0. The van der Waals surface area contributed by atoms with Crippen molar-refractivity contribution >= 4 is 33.4 Å². The topological polar surface area (TPSA) is 58.6 Å². The maximum Gasteiger partial charge on any atom is 0.322 e. The first kappa shape index (κ1) is 19.1. The van der Waals surface area contributed by atoms with E-state index in [0.29, 0.717) is 12.2 Å². The fourth-order valence-electron chi connectivity index (χ4n) is 2.33. The number of benzene rings is 2. The second-order valence-electron chi connectivity index (χ2n) is 5.46. The van der Waals surface area contributed by atoms with Gasteiger partial charge in [0.05, 0.1) is 18.3 Å². The summed E-state index contributed by atoms with van der Waals surface area (Å²) in [4.78, 5) is 24.7. The summed E-state index contributed by atoms with van der Waals surface area (Å²) < 4.78 is 5.93. The van der Waals surface area contributed by atoms with Crippen molar-refractivity contribution in [3.8, 4) is 0 Å². The highest BCUT2D eigenvalue weighted by atomic mass is 79.9. The number of carbonyl (C=O) groups excluding carboxylic acids is 2. The Morgan fingerprint density at radius 3 is 2.52 bits per heavy atom. The lowest BCUT2D eigenvalue weighted by Gasteiger charge is -2.28. The molecule has 0 aliphatic carbocycles. The summed E-state index contributed by atoms with van der Waals surface area (Å²) >= 11 is 3.41. The van der Waals surface area contributed by atoms with Gasteiger partial charge in [0.15, 0.2) is 5.78 Å². The molecule has 0 aromatic heterocycles. The van der Waals surface area contributed by atoms with Crippen LogP contribution in [0.3, 0.4) is 0 Å². The molecule has 1 unspecified atom stereocenters. The summed E-state index contributed by atoms with van der Waals surface area (Å²) in [6.45, 7) is 3.77. The molecule has 0 aliphatic rings. The lowest BCUT2D eigenvalue weighted by molar-refractivity contribution is -0.144. The molecule has 0 saturated heterocycles. The molecule has 0 radical (unpaired) electrons. The highest BCUT2D eigenvalue weighted by Crippen LogP contribution is 2.18. The third kappa shape index (κ3) is 5.69. The van der Waals surface area contributed by atoms with Gasteiger partial charge in [-0.1, -0.05) is 52.3 Å². The van der Waals surface area contributed by atoms with Crippen molar-refractivity contribution in [3.05, 3.63) is 64.6 Å². The molecule has 0 amide bonds. The Hall–Kier alpha value is -2.18. The van der Waals surface area contributed by atoms with Gasteiger partial charge in [-0.05, 0) is 32.0 Å². The van der Waals surface area contributed by atoms with Gasteiger partial charge in [0.2, 0.25) is 0 Å². The van der Waals surface area contributed by atoms with E-state index in [1.165, 1.54) is 0 Å². The largest absolute Gasteiger partial charge is 0.465 e. The van der Waals surface area contributed by atoms with E-state index in [0.717, 1.165) is 10.2 Å². The number of carbonyl (C=O) groups is 2. The van der Waals surface area contributed by atoms with Gasteiger partial charge in [0, 0.05) is 10.0 Å². The Balaban J connectivity index is 2.20. The number of anilines is 1. The minimum absolute atomic E-state index is 0.0416. The van der Waals surface area contributed by atoms with E-state index in [1.807, 2.05) is 42.5 Å². The number of rotatable bonds is 8. The van der Waals surface area contributed by atoms with E-state index in [9.17, 15) is 9.59 Å². The molecule has 2 aromatic rings. The number of hydrogen-bond acceptors (Lipinski definition) is 5. The van der Waals surface area contributed by atoms with Crippen molar-refractivity contribution in [2.24, 2.45) is 0 Å². The number of Topliss-reactive ketones (excluding diaryl/α,β-unsaturated/α-hetero) is 1. The number of ketones is 1. The number of esters is 1. The SMILES string of the molecule is CCOC(=O)CN(Nc1cccc(Br)c1)C(C)C(=O)c1ccccc1. The van der Waals surface area contributed by atoms with Crippen LogP contribution in [0.5, 0.6) is 0 Å². The molecule has 0 spiro atoms. The molecule has 0 aliphatic heterocycles. The minimum Gasteiger partial charge on any atom is -0.465 e. The Kier molecular flexibility index (Phi) is 7.16. The Bertz CT molecular complexity index is 722. The third-order valence-corrected chi connectivity index (χ3v) is 4.10. The molecular formula is C19H21BrN2O3. The van der Waals surface area contributed by atoms with Crippen molar-refractivity contribution in [1.82, 2.24) is 5.01 Å². The van der Waals surface area contributed by atoms with E-state index in [1.54, 1.807) is 31.0 Å². The molecule has 0 heterocycles. The van der Waals surface area contributed by atoms with Crippen LogP contribution in [0.1, 0.15) is 24.2 Å². The van der Waals surface area contributed by atoms with Crippen LogP contribution in [-0.2, 0) is 9.53 Å². The number of nitrogens with one attached hydrogen (secondary N) is 1. The van der Waals surface area contributed by atoms with Crippen molar-refractivity contribution in [1.29, 1.82) is 0 Å². The van der Waals surface area contributed by atoms with Crippen LogP contribution in [0.15, 0.2) is 59.1 Å².